The normalized spacial score (nSPS) is 12.1. The highest BCUT2D eigenvalue weighted by Crippen LogP contribution is 2.38. The van der Waals surface area contributed by atoms with Crippen molar-refractivity contribution in [2.75, 3.05) is 10.5 Å². The Hall–Kier alpha value is -3.93. The van der Waals surface area contributed by atoms with E-state index in [0.29, 0.717) is 12.1 Å². The van der Waals surface area contributed by atoms with Crippen LogP contribution >= 0.6 is 0 Å². The van der Waals surface area contributed by atoms with Gasteiger partial charge in [0.1, 0.15) is 27.9 Å². The minimum Gasteiger partial charge on any atom is -0.438 e. The molecule has 35 heavy (non-hydrogen) atoms. The molecule has 0 unspecified atom stereocenters. The van der Waals surface area contributed by atoms with Gasteiger partial charge < -0.3 is 10.2 Å². The number of nitrogens with one attached hydrogen (secondary N) is 1. The van der Waals surface area contributed by atoms with Crippen LogP contribution in [0.4, 0.5) is 24.8 Å². The molecule has 0 saturated heterocycles. The third kappa shape index (κ3) is 4.83. The first-order valence-corrected chi connectivity index (χ1v) is 11.7. The standard InChI is InChI=1S/C23H20F3N5O3S/c1-23(2,3)21-30-19(20(34-21)16-9-10-28-22(27)29-16)13-5-4-6-15(18(13)26)31-35(32,33)17-11-12(24)7-8-14(17)25/h4-11,31H,1-3H3,(H2,27,28,29). The zero-order chi connectivity index (χ0) is 25.5. The number of halogens is 3. The molecule has 0 spiro atoms. The topological polar surface area (TPSA) is 124 Å². The van der Waals surface area contributed by atoms with E-state index >= 15 is 4.39 Å². The van der Waals surface area contributed by atoms with Crippen molar-refractivity contribution >= 4 is 21.7 Å². The van der Waals surface area contributed by atoms with Gasteiger partial charge in [0.2, 0.25) is 11.8 Å². The van der Waals surface area contributed by atoms with Crippen LogP contribution in [0.15, 0.2) is 58.0 Å². The average molecular weight is 504 g/mol. The van der Waals surface area contributed by atoms with Gasteiger partial charge in [0.15, 0.2) is 11.6 Å². The van der Waals surface area contributed by atoms with Gasteiger partial charge in [-0.15, -0.1) is 0 Å². The highest BCUT2D eigenvalue weighted by molar-refractivity contribution is 7.92. The molecule has 4 rings (SSSR count). The Morgan fingerprint density at radius 1 is 1.03 bits per heavy atom. The fourth-order valence-electron chi connectivity index (χ4n) is 3.17. The lowest BCUT2D eigenvalue weighted by Crippen LogP contribution is -2.16. The summed E-state index contributed by atoms with van der Waals surface area (Å²) in [6.07, 6.45) is 1.40. The van der Waals surface area contributed by atoms with Crippen molar-refractivity contribution in [1.29, 1.82) is 0 Å². The molecule has 0 atom stereocenters. The smallest absolute Gasteiger partial charge is 0.265 e. The maximum atomic E-state index is 15.6. The predicted octanol–water partition coefficient (Wildman–Crippen LogP) is 4.90. The fourth-order valence-corrected chi connectivity index (χ4v) is 4.32. The number of aromatic nitrogens is 3. The zero-order valence-electron chi connectivity index (χ0n) is 18.8. The molecule has 182 valence electrons. The maximum absolute atomic E-state index is 15.6. The average Bonchev–Trinajstić information content (AvgIpc) is 3.22. The van der Waals surface area contributed by atoms with Crippen molar-refractivity contribution in [2.24, 2.45) is 0 Å². The Morgan fingerprint density at radius 3 is 2.46 bits per heavy atom. The van der Waals surface area contributed by atoms with Crippen molar-refractivity contribution in [1.82, 2.24) is 15.0 Å². The van der Waals surface area contributed by atoms with Gasteiger partial charge in [-0.1, -0.05) is 26.8 Å². The van der Waals surface area contributed by atoms with Crippen LogP contribution in [0.2, 0.25) is 0 Å². The number of nitrogen functional groups attached to an aromatic ring is 1. The van der Waals surface area contributed by atoms with Crippen LogP contribution in [-0.4, -0.2) is 23.4 Å². The Balaban J connectivity index is 1.84. The Morgan fingerprint density at radius 2 is 1.77 bits per heavy atom. The first-order valence-electron chi connectivity index (χ1n) is 10.2. The molecule has 12 heteroatoms. The number of nitrogens with zero attached hydrogens (tertiary/aromatic N) is 3. The summed E-state index contributed by atoms with van der Waals surface area (Å²) in [6.45, 7) is 5.53. The van der Waals surface area contributed by atoms with Crippen molar-refractivity contribution in [2.45, 2.75) is 31.1 Å². The van der Waals surface area contributed by atoms with E-state index in [1.807, 2.05) is 25.5 Å². The molecule has 2 aromatic carbocycles. The lowest BCUT2D eigenvalue weighted by atomic mass is 9.97. The number of rotatable bonds is 5. The summed E-state index contributed by atoms with van der Waals surface area (Å²) in [4.78, 5) is 11.4. The lowest BCUT2D eigenvalue weighted by molar-refractivity contribution is 0.398. The summed E-state index contributed by atoms with van der Waals surface area (Å²) in [5, 5.41) is 0. The van der Waals surface area contributed by atoms with Gasteiger partial charge in [-0.2, -0.15) is 0 Å². The molecule has 0 bridgehead atoms. The summed E-state index contributed by atoms with van der Waals surface area (Å²) in [7, 11) is -4.66. The Kier molecular flexibility index (Phi) is 6.01. The fraction of sp³-hybridized carbons (Fsp3) is 0.174. The SMILES string of the molecule is CC(C)(C)c1nc(-c2cccc(NS(=O)(=O)c3cc(F)ccc3F)c2F)c(-c2ccnc(N)n2)o1. The minimum absolute atomic E-state index is 0.0405. The van der Waals surface area contributed by atoms with Crippen molar-refractivity contribution in [3.8, 4) is 22.7 Å². The summed E-state index contributed by atoms with van der Waals surface area (Å²) in [6, 6.07) is 7.33. The number of hydrogen-bond acceptors (Lipinski definition) is 7. The molecule has 3 N–H and O–H groups in total. The molecule has 8 nitrogen and oxygen atoms in total. The molecule has 2 aromatic heterocycles. The summed E-state index contributed by atoms with van der Waals surface area (Å²) in [5.74, 6) is -2.84. The van der Waals surface area contributed by atoms with E-state index in [9.17, 15) is 17.2 Å². The molecular formula is C23H20F3N5O3S. The monoisotopic (exact) mass is 503 g/mol. The van der Waals surface area contributed by atoms with Gasteiger partial charge in [0, 0.05) is 17.2 Å². The molecule has 2 heterocycles. The van der Waals surface area contributed by atoms with E-state index in [0.717, 1.165) is 12.1 Å². The molecule has 0 aliphatic carbocycles. The van der Waals surface area contributed by atoms with Crippen LogP contribution in [0.3, 0.4) is 0 Å². The quantitative estimate of drug-likeness (QED) is 0.397. The van der Waals surface area contributed by atoms with Crippen LogP contribution < -0.4 is 10.5 Å². The second-order valence-corrected chi connectivity index (χ2v) is 10.2. The third-order valence-corrected chi connectivity index (χ3v) is 6.24. The summed E-state index contributed by atoms with van der Waals surface area (Å²) < 4.78 is 76.5. The van der Waals surface area contributed by atoms with Gasteiger partial charge in [0.05, 0.1) is 5.69 Å². The molecule has 0 amide bonds. The van der Waals surface area contributed by atoms with E-state index in [4.69, 9.17) is 10.2 Å². The number of oxazole rings is 1. The third-order valence-electron chi connectivity index (χ3n) is 4.86. The second kappa shape index (κ2) is 8.69. The molecule has 0 aliphatic heterocycles. The van der Waals surface area contributed by atoms with Crippen molar-refractivity contribution in [3.63, 3.8) is 0 Å². The highest BCUT2D eigenvalue weighted by Gasteiger charge is 2.29. The first kappa shape index (κ1) is 24.2. The number of anilines is 2. The largest absolute Gasteiger partial charge is 0.438 e. The predicted molar refractivity (Wildman–Crippen MR) is 123 cm³/mol. The first-order chi connectivity index (χ1) is 16.4. The van der Waals surface area contributed by atoms with E-state index in [-0.39, 0.29) is 34.6 Å². The van der Waals surface area contributed by atoms with Crippen LogP contribution in [0.5, 0.6) is 0 Å². The van der Waals surface area contributed by atoms with E-state index in [2.05, 4.69) is 15.0 Å². The molecular weight excluding hydrogens is 483 g/mol. The number of nitrogens with two attached hydrogens (primary N) is 1. The minimum atomic E-state index is -4.66. The number of benzene rings is 2. The molecule has 4 aromatic rings. The van der Waals surface area contributed by atoms with Gasteiger partial charge in [-0.05, 0) is 36.4 Å². The number of sulfonamides is 1. The van der Waals surface area contributed by atoms with Gasteiger partial charge in [0.25, 0.3) is 10.0 Å². The van der Waals surface area contributed by atoms with E-state index < -0.39 is 43.5 Å². The molecule has 0 fully saturated rings. The second-order valence-electron chi connectivity index (χ2n) is 8.59. The zero-order valence-corrected chi connectivity index (χ0v) is 19.6. The maximum Gasteiger partial charge on any atom is 0.265 e. The van der Waals surface area contributed by atoms with Crippen molar-refractivity contribution in [3.05, 3.63) is 72.0 Å². The Bertz CT molecular complexity index is 1530. The van der Waals surface area contributed by atoms with Gasteiger partial charge >= 0.3 is 0 Å². The van der Waals surface area contributed by atoms with Crippen LogP contribution in [0.1, 0.15) is 26.7 Å². The van der Waals surface area contributed by atoms with E-state index in [1.54, 1.807) is 0 Å². The van der Waals surface area contributed by atoms with Crippen LogP contribution in [0.25, 0.3) is 22.7 Å². The Labute approximate surface area is 199 Å². The van der Waals surface area contributed by atoms with Crippen molar-refractivity contribution < 1.29 is 26.0 Å². The number of hydrogen-bond donors (Lipinski definition) is 2. The van der Waals surface area contributed by atoms with Crippen LogP contribution in [0, 0.1) is 17.5 Å². The summed E-state index contributed by atoms with van der Waals surface area (Å²) in [5.41, 5.74) is 4.80. The van der Waals surface area contributed by atoms with Crippen LogP contribution in [-0.2, 0) is 15.4 Å². The highest BCUT2D eigenvalue weighted by atomic mass is 32.2. The van der Waals surface area contributed by atoms with Gasteiger partial charge in [-0.3, -0.25) is 4.72 Å². The molecule has 0 radical (unpaired) electrons. The molecule has 0 aliphatic rings. The molecule has 0 saturated carbocycles. The van der Waals surface area contributed by atoms with E-state index in [1.165, 1.54) is 24.4 Å². The lowest BCUT2D eigenvalue weighted by Gasteiger charge is -2.12. The van der Waals surface area contributed by atoms with Gasteiger partial charge in [-0.25, -0.2) is 36.5 Å². The summed E-state index contributed by atoms with van der Waals surface area (Å²) >= 11 is 0.